The molecule has 0 radical (unpaired) electrons. The molecular formula is C17H27NO. The van der Waals surface area contributed by atoms with E-state index in [0.29, 0.717) is 6.04 Å². The largest absolute Gasteiger partial charge is 0.496 e. The van der Waals surface area contributed by atoms with Gasteiger partial charge in [0.05, 0.1) is 7.11 Å². The van der Waals surface area contributed by atoms with Gasteiger partial charge in [0.2, 0.25) is 0 Å². The summed E-state index contributed by atoms with van der Waals surface area (Å²) < 4.78 is 5.47. The van der Waals surface area contributed by atoms with Crippen LogP contribution < -0.4 is 10.1 Å². The molecule has 1 fully saturated rings. The van der Waals surface area contributed by atoms with E-state index >= 15 is 0 Å². The Morgan fingerprint density at radius 3 is 2.32 bits per heavy atom. The van der Waals surface area contributed by atoms with Crippen molar-refractivity contribution in [2.45, 2.75) is 52.5 Å². The van der Waals surface area contributed by atoms with Gasteiger partial charge in [-0.05, 0) is 62.3 Å². The lowest BCUT2D eigenvalue weighted by atomic mass is 9.76. The Labute approximate surface area is 117 Å². The highest BCUT2D eigenvalue weighted by Crippen LogP contribution is 2.39. The van der Waals surface area contributed by atoms with Crippen LogP contribution in [0.1, 0.15) is 55.3 Å². The van der Waals surface area contributed by atoms with E-state index in [-0.39, 0.29) is 0 Å². The highest BCUT2D eigenvalue weighted by Gasteiger charge is 2.28. The van der Waals surface area contributed by atoms with Gasteiger partial charge in [0, 0.05) is 6.04 Å². The molecule has 0 saturated heterocycles. The first-order valence-corrected chi connectivity index (χ1v) is 7.55. The molecule has 2 rings (SSSR count). The van der Waals surface area contributed by atoms with Crippen molar-refractivity contribution in [3.63, 3.8) is 0 Å². The molecule has 0 heterocycles. The van der Waals surface area contributed by atoms with Crippen molar-refractivity contribution >= 4 is 0 Å². The van der Waals surface area contributed by atoms with Crippen LogP contribution in [0, 0.1) is 19.8 Å². The second-order valence-corrected chi connectivity index (χ2v) is 5.81. The van der Waals surface area contributed by atoms with E-state index in [9.17, 15) is 0 Å². The van der Waals surface area contributed by atoms with Gasteiger partial charge in [0.15, 0.2) is 0 Å². The number of aryl methyl sites for hydroxylation is 2. The summed E-state index contributed by atoms with van der Waals surface area (Å²) in [6.07, 6.45) is 5.32. The van der Waals surface area contributed by atoms with Crippen LogP contribution in [0.15, 0.2) is 12.1 Å². The first-order valence-electron chi connectivity index (χ1n) is 7.55. The van der Waals surface area contributed by atoms with E-state index in [0.717, 1.165) is 18.2 Å². The zero-order chi connectivity index (χ0) is 13.8. The van der Waals surface area contributed by atoms with E-state index in [1.807, 2.05) is 0 Å². The van der Waals surface area contributed by atoms with Crippen LogP contribution in [0.4, 0.5) is 0 Å². The normalized spacial score (nSPS) is 17.1. The number of rotatable bonds is 6. The lowest BCUT2D eigenvalue weighted by Gasteiger charge is -2.35. The Morgan fingerprint density at radius 2 is 1.89 bits per heavy atom. The molecule has 0 bridgehead atoms. The Hall–Kier alpha value is -1.02. The average Bonchev–Trinajstić information content (AvgIpc) is 2.31. The maximum absolute atomic E-state index is 5.47. The lowest BCUT2D eigenvalue weighted by Crippen LogP contribution is -2.32. The molecule has 1 atom stereocenters. The molecule has 2 heteroatoms. The van der Waals surface area contributed by atoms with Gasteiger partial charge in [-0.1, -0.05) is 25.5 Å². The minimum Gasteiger partial charge on any atom is -0.496 e. The topological polar surface area (TPSA) is 21.3 Å². The van der Waals surface area contributed by atoms with E-state index in [1.54, 1.807) is 7.11 Å². The van der Waals surface area contributed by atoms with Gasteiger partial charge in [-0.2, -0.15) is 0 Å². The maximum Gasteiger partial charge on any atom is 0.124 e. The number of ether oxygens (including phenoxy) is 1. The summed E-state index contributed by atoms with van der Waals surface area (Å²) in [6.45, 7) is 7.63. The van der Waals surface area contributed by atoms with Gasteiger partial charge in [-0.15, -0.1) is 0 Å². The third-order valence-corrected chi connectivity index (χ3v) is 4.28. The minimum atomic E-state index is 0.525. The molecule has 1 N–H and O–H groups in total. The summed E-state index contributed by atoms with van der Waals surface area (Å²) >= 11 is 0. The van der Waals surface area contributed by atoms with E-state index in [2.05, 4.69) is 38.2 Å². The van der Waals surface area contributed by atoms with Crippen LogP contribution in [-0.4, -0.2) is 13.7 Å². The fraction of sp³-hybridized carbons (Fsp3) is 0.647. The van der Waals surface area contributed by atoms with Crippen LogP contribution in [0.5, 0.6) is 5.75 Å². The SMILES string of the molecule is CCCNC(c1cc(C)c(OC)c(C)c1)C1CCC1. The molecule has 0 aliphatic heterocycles. The third-order valence-electron chi connectivity index (χ3n) is 4.28. The first kappa shape index (κ1) is 14.4. The Bertz CT molecular complexity index is 400. The van der Waals surface area contributed by atoms with E-state index in [4.69, 9.17) is 4.74 Å². The van der Waals surface area contributed by atoms with Crippen LogP contribution in [0.3, 0.4) is 0 Å². The number of hydrogen-bond acceptors (Lipinski definition) is 2. The fourth-order valence-corrected chi connectivity index (χ4v) is 3.11. The summed E-state index contributed by atoms with van der Waals surface area (Å²) in [5.74, 6) is 1.85. The van der Waals surface area contributed by atoms with Gasteiger partial charge in [0.25, 0.3) is 0 Å². The predicted octanol–water partition coefficient (Wildman–Crippen LogP) is 4.15. The maximum atomic E-state index is 5.47. The second kappa shape index (κ2) is 6.42. The predicted molar refractivity (Wildman–Crippen MR) is 80.8 cm³/mol. The first-order chi connectivity index (χ1) is 9.17. The molecule has 1 aliphatic carbocycles. The van der Waals surface area contributed by atoms with Crippen molar-refractivity contribution in [1.29, 1.82) is 0 Å². The molecule has 1 aromatic carbocycles. The summed E-state index contributed by atoms with van der Waals surface area (Å²) in [7, 11) is 1.76. The van der Waals surface area contributed by atoms with Crippen molar-refractivity contribution in [3.8, 4) is 5.75 Å². The zero-order valence-electron chi connectivity index (χ0n) is 12.8. The lowest BCUT2D eigenvalue weighted by molar-refractivity contribution is 0.231. The minimum absolute atomic E-state index is 0.525. The third kappa shape index (κ3) is 3.11. The summed E-state index contributed by atoms with van der Waals surface area (Å²) in [4.78, 5) is 0. The Morgan fingerprint density at radius 1 is 1.26 bits per heavy atom. The number of benzene rings is 1. The van der Waals surface area contributed by atoms with Crippen molar-refractivity contribution in [1.82, 2.24) is 5.32 Å². The van der Waals surface area contributed by atoms with Crippen LogP contribution >= 0.6 is 0 Å². The molecule has 1 unspecified atom stereocenters. The molecule has 0 aromatic heterocycles. The van der Waals surface area contributed by atoms with Gasteiger partial charge in [-0.25, -0.2) is 0 Å². The molecule has 0 spiro atoms. The monoisotopic (exact) mass is 261 g/mol. The molecule has 1 saturated carbocycles. The van der Waals surface area contributed by atoms with Crippen LogP contribution in [-0.2, 0) is 0 Å². The average molecular weight is 261 g/mol. The van der Waals surface area contributed by atoms with Crippen LogP contribution in [0.2, 0.25) is 0 Å². The van der Waals surface area contributed by atoms with Crippen molar-refractivity contribution in [2.75, 3.05) is 13.7 Å². The molecule has 19 heavy (non-hydrogen) atoms. The number of methoxy groups -OCH3 is 1. The van der Waals surface area contributed by atoms with Gasteiger partial charge >= 0.3 is 0 Å². The van der Waals surface area contributed by atoms with Gasteiger partial charge in [-0.3, -0.25) is 0 Å². The zero-order valence-corrected chi connectivity index (χ0v) is 12.8. The molecule has 1 aromatic rings. The molecule has 1 aliphatic rings. The highest BCUT2D eigenvalue weighted by atomic mass is 16.5. The summed E-state index contributed by atoms with van der Waals surface area (Å²) in [6, 6.07) is 5.13. The highest BCUT2D eigenvalue weighted by molar-refractivity contribution is 5.44. The molecule has 0 amide bonds. The smallest absolute Gasteiger partial charge is 0.124 e. The van der Waals surface area contributed by atoms with Crippen molar-refractivity contribution in [3.05, 3.63) is 28.8 Å². The molecular weight excluding hydrogens is 234 g/mol. The number of hydrogen-bond donors (Lipinski definition) is 1. The standard InChI is InChI=1S/C17H27NO/c1-5-9-18-16(14-7-6-8-14)15-10-12(2)17(19-4)13(3)11-15/h10-11,14,16,18H,5-9H2,1-4H3. The summed E-state index contributed by atoms with van der Waals surface area (Å²) in [5, 5.41) is 3.74. The summed E-state index contributed by atoms with van der Waals surface area (Å²) in [5.41, 5.74) is 3.94. The number of nitrogens with one attached hydrogen (secondary N) is 1. The Balaban J connectivity index is 2.25. The van der Waals surface area contributed by atoms with Gasteiger partial charge in [0.1, 0.15) is 5.75 Å². The van der Waals surface area contributed by atoms with Crippen LogP contribution in [0.25, 0.3) is 0 Å². The molecule has 106 valence electrons. The van der Waals surface area contributed by atoms with Crippen molar-refractivity contribution in [2.24, 2.45) is 5.92 Å². The van der Waals surface area contributed by atoms with E-state index < -0.39 is 0 Å². The fourth-order valence-electron chi connectivity index (χ4n) is 3.11. The quantitative estimate of drug-likeness (QED) is 0.830. The van der Waals surface area contributed by atoms with E-state index in [1.165, 1.54) is 42.4 Å². The Kier molecular flexibility index (Phi) is 4.87. The van der Waals surface area contributed by atoms with Gasteiger partial charge < -0.3 is 10.1 Å². The second-order valence-electron chi connectivity index (χ2n) is 5.81. The molecule has 2 nitrogen and oxygen atoms in total. The van der Waals surface area contributed by atoms with Crippen molar-refractivity contribution < 1.29 is 4.74 Å².